The number of H-pyrrole nitrogens is 1. The molecule has 0 saturated heterocycles. The number of carbonyl (C=O) groups excluding carboxylic acids is 1. The summed E-state index contributed by atoms with van der Waals surface area (Å²) in [4.78, 5) is 56.8. The summed E-state index contributed by atoms with van der Waals surface area (Å²) in [5, 5.41) is 51.4. The van der Waals surface area contributed by atoms with Crippen LogP contribution in [0.3, 0.4) is 0 Å². The lowest BCUT2D eigenvalue weighted by Gasteiger charge is -2.42. The third kappa shape index (κ3) is 9.63. The number of carbonyl (C=O) groups is 1. The number of aliphatic hydroxyl groups is 5. The second-order valence-corrected chi connectivity index (χ2v) is 11.9. The van der Waals surface area contributed by atoms with Crippen LogP contribution in [-0.2, 0) is 32.0 Å². The maximum Gasteiger partial charge on any atom is 0.481 e. The summed E-state index contributed by atoms with van der Waals surface area (Å²) in [5.74, 6) is -1.75. The van der Waals surface area contributed by atoms with E-state index in [0.717, 1.165) is 23.8 Å². The van der Waals surface area contributed by atoms with Crippen molar-refractivity contribution in [3.8, 4) is 0 Å². The van der Waals surface area contributed by atoms with E-state index in [0.29, 0.717) is 0 Å². The third-order valence-corrected chi connectivity index (χ3v) is 8.36. The predicted molar refractivity (Wildman–Crippen MR) is 130 cm³/mol. The Morgan fingerprint density at radius 2 is 1.85 bits per heavy atom. The van der Waals surface area contributed by atoms with E-state index in [4.69, 9.17) is 9.26 Å². The quantitative estimate of drug-likeness (QED) is 0.0917. The van der Waals surface area contributed by atoms with E-state index in [1.54, 1.807) is 0 Å². The molecule has 2 rings (SSSR count). The Balaban J connectivity index is 2.08. The molecule has 21 heteroatoms. The number of amides is 1. The summed E-state index contributed by atoms with van der Waals surface area (Å²) in [7, 11) is -10.9. The molecule has 40 heavy (non-hydrogen) atoms. The van der Waals surface area contributed by atoms with Crippen molar-refractivity contribution in [1.29, 1.82) is 0 Å². The number of rotatable bonds is 14. The van der Waals surface area contributed by atoms with E-state index < -0.39 is 101 Å². The van der Waals surface area contributed by atoms with Crippen molar-refractivity contribution in [2.24, 2.45) is 5.92 Å². The van der Waals surface area contributed by atoms with Crippen molar-refractivity contribution in [3.63, 3.8) is 0 Å². The van der Waals surface area contributed by atoms with Gasteiger partial charge in [0, 0.05) is 31.7 Å². The molecule has 1 aromatic rings. The minimum absolute atomic E-state index is 0.367. The minimum Gasteiger partial charge on any atom is -0.396 e. The van der Waals surface area contributed by atoms with Gasteiger partial charge in [-0.2, -0.15) is 4.31 Å². The van der Waals surface area contributed by atoms with Crippen LogP contribution in [0, 0.1) is 5.92 Å². The number of hydrogen-bond donors (Lipinski definition) is 9. The molecule has 0 aromatic carbocycles. The second kappa shape index (κ2) is 14.4. The zero-order valence-corrected chi connectivity index (χ0v) is 23.0. The summed E-state index contributed by atoms with van der Waals surface area (Å²) < 4.78 is 44.8. The maximum absolute atomic E-state index is 12.5. The first kappa shape index (κ1) is 34.4. The van der Waals surface area contributed by atoms with Crippen molar-refractivity contribution in [2.75, 3.05) is 19.8 Å². The Morgan fingerprint density at radius 3 is 2.40 bits per heavy atom. The van der Waals surface area contributed by atoms with Gasteiger partial charge in [-0.3, -0.25) is 28.2 Å². The Labute approximate surface area is 226 Å². The minimum atomic E-state index is -5.47. The van der Waals surface area contributed by atoms with Crippen molar-refractivity contribution >= 4 is 21.6 Å². The SMILES string of the molecule is CC(=O)NC1[C@@H](O)[C@H](O)C(CO)C[C@H]1OP(=O)(O)OP(=O)(O)OCC(C)OC(C(O)CO)n1ccc(=O)[nH]c1=O. The maximum atomic E-state index is 12.5. The number of aromatic amines is 1. The average molecular weight is 621 g/mol. The number of hydrogen-bond acceptors (Lipinski definition) is 14. The van der Waals surface area contributed by atoms with Crippen LogP contribution in [0.2, 0.25) is 0 Å². The lowest BCUT2D eigenvalue weighted by atomic mass is 9.80. The third-order valence-electron chi connectivity index (χ3n) is 5.70. The number of aliphatic hydroxyl groups excluding tert-OH is 5. The van der Waals surface area contributed by atoms with Gasteiger partial charge in [-0.05, 0) is 13.3 Å². The van der Waals surface area contributed by atoms with Crippen molar-refractivity contribution in [1.82, 2.24) is 14.9 Å². The summed E-state index contributed by atoms with van der Waals surface area (Å²) in [6.07, 6.45) is -8.77. The van der Waals surface area contributed by atoms with Gasteiger partial charge in [-0.25, -0.2) is 13.9 Å². The molecule has 0 radical (unpaired) electrons. The number of phosphoric ester groups is 2. The first-order valence-corrected chi connectivity index (χ1v) is 14.7. The fraction of sp³-hybridized carbons (Fsp3) is 0.737. The molecule has 0 spiro atoms. The number of ether oxygens (including phenoxy) is 1. The van der Waals surface area contributed by atoms with E-state index in [1.165, 1.54) is 6.92 Å². The lowest BCUT2D eigenvalue weighted by molar-refractivity contribution is -0.135. The topological polar surface area (TPSA) is 297 Å². The van der Waals surface area contributed by atoms with E-state index >= 15 is 0 Å². The largest absolute Gasteiger partial charge is 0.481 e. The van der Waals surface area contributed by atoms with Gasteiger partial charge in [-0.15, -0.1) is 0 Å². The molecule has 1 heterocycles. The fourth-order valence-electron chi connectivity index (χ4n) is 3.88. The Kier molecular flexibility index (Phi) is 12.3. The van der Waals surface area contributed by atoms with Gasteiger partial charge in [0.2, 0.25) is 5.91 Å². The highest BCUT2D eigenvalue weighted by Crippen LogP contribution is 2.61. The van der Waals surface area contributed by atoms with E-state index in [9.17, 15) is 58.8 Å². The van der Waals surface area contributed by atoms with E-state index in [2.05, 4.69) is 14.2 Å². The molecule has 1 aromatic heterocycles. The number of aromatic nitrogens is 2. The van der Waals surface area contributed by atoms with Crippen LogP contribution in [0.15, 0.2) is 21.9 Å². The highest BCUT2D eigenvalue weighted by atomic mass is 31.3. The van der Waals surface area contributed by atoms with E-state index in [1.807, 2.05) is 4.98 Å². The van der Waals surface area contributed by atoms with Crippen LogP contribution in [0.4, 0.5) is 0 Å². The van der Waals surface area contributed by atoms with Crippen molar-refractivity contribution < 1.29 is 67.3 Å². The lowest BCUT2D eigenvalue weighted by Crippen LogP contribution is -2.61. The molecule has 1 saturated carbocycles. The summed E-state index contributed by atoms with van der Waals surface area (Å²) in [6, 6.07) is -0.527. The van der Waals surface area contributed by atoms with Gasteiger partial charge in [0.1, 0.15) is 12.2 Å². The molecular formula is C19H33N3O16P2. The van der Waals surface area contributed by atoms with E-state index in [-0.39, 0.29) is 6.42 Å². The van der Waals surface area contributed by atoms with Crippen LogP contribution >= 0.6 is 15.6 Å². The molecule has 7 unspecified atom stereocenters. The molecule has 1 amide bonds. The smallest absolute Gasteiger partial charge is 0.396 e. The number of nitrogens with zero attached hydrogens (tertiary/aromatic N) is 1. The van der Waals surface area contributed by atoms with Gasteiger partial charge in [0.25, 0.3) is 5.56 Å². The molecule has 10 atom stereocenters. The van der Waals surface area contributed by atoms with Crippen molar-refractivity contribution in [2.45, 2.75) is 63.1 Å². The molecule has 1 fully saturated rings. The highest BCUT2D eigenvalue weighted by molar-refractivity contribution is 7.61. The monoisotopic (exact) mass is 621 g/mol. The first-order chi connectivity index (χ1) is 18.5. The standard InChI is InChI=1S/C19H33N3O16P2/c1-9(36-18(12(26)7-24)22-4-3-14(27)21-19(22)30)8-35-39(31,32)38-40(33,34)37-13-5-11(6-23)16(28)17(29)15(13)20-10(2)25/h3-4,9,11-13,15-18,23-24,26,28-29H,5-8H2,1-2H3,(H,20,25)(H,31,32)(H,33,34)(H,21,27,30)/t9?,11?,12?,13-,15?,16-,17-,18?/m1/s1. The molecule has 1 aliphatic carbocycles. The second-order valence-electron chi connectivity index (χ2n) is 8.95. The molecule has 0 bridgehead atoms. The average Bonchev–Trinajstić information content (AvgIpc) is 2.84. The van der Waals surface area contributed by atoms with Crippen LogP contribution in [0.5, 0.6) is 0 Å². The van der Waals surface area contributed by atoms with Crippen LogP contribution < -0.4 is 16.6 Å². The molecular weight excluding hydrogens is 588 g/mol. The Hall–Kier alpha value is -1.83. The van der Waals surface area contributed by atoms with Gasteiger partial charge >= 0.3 is 21.3 Å². The highest BCUT2D eigenvalue weighted by Gasteiger charge is 2.48. The van der Waals surface area contributed by atoms with Crippen LogP contribution in [-0.4, -0.2) is 107 Å². The van der Waals surface area contributed by atoms with Gasteiger partial charge in [0.05, 0.1) is 37.6 Å². The molecule has 19 nitrogen and oxygen atoms in total. The van der Waals surface area contributed by atoms with Gasteiger partial charge < -0.3 is 45.4 Å². The number of nitrogens with one attached hydrogen (secondary N) is 2. The molecule has 9 N–H and O–H groups in total. The normalized spacial score (nSPS) is 28.6. The Bertz CT molecular complexity index is 1210. The summed E-state index contributed by atoms with van der Waals surface area (Å²) in [5.41, 5.74) is -1.76. The Morgan fingerprint density at radius 1 is 1.20 bits per heavy atom. The van der Waals surface area contributed by atoms with Crippen LogP contribution in [0.25, 0.3) is 0 Å². The fourth-order valence-corrected chi connectivity index (χ4v) is 6.22. The first-order valence-electron chi connectivity index (χ1n) is 11.7. The van der Waals surface area contributed by atoms with Gasteiger partial charge in [-0.1, -0.05) is 0 Å². The number of phosphoric acid groups is 2. The van der Waals surface area contributed by atoms with Crippen LogP contribution in [0.1, 0.15) is 26.5 Å². The molecule has 230 valence electrons. The van der Waals surface area contributed by atoms with Crippen molar-refractivity contribution in [3.05, 3.63) is 33.1 Å². The summed E-state index contributed by atoms with van der Waals surface area (Å²) >= 11 is 0. The molecule has 0 aliphatic heterocycles. The van der Waals surface area contributed by atoms with Gasteiger partial charge in [0.15, 0.2) is 6.23 Å². The predicted octanol–water partition coefficient (Wildman–Crippen LogP) is -3.35. The molecule has 1 aliphatic rings. The zero-order valence-electron chi connectivity index (χ0n) is 21.2. The summed E-state index contributed by atoms with van der Waals surface area (Å²) in [6.45, 7) is -0.0986. The zero-order chi connectivity index (χ0) is 30.4.